The molecule has 0 aromatic heterocycles. The molecule has 3 atom stereocenters. The second kappa shape index (κ2) is 13.1. The number of carbonyl (C=O) groups excluding carboxylic acids is 2. The largest absolute Gasteiger partial charge is 0.465 e. The van der Waals surface area contributed by atoms with Gasteiger partial charge in [-0.1, -0.05) is 74.6 Å². The zero-order chi connectivity index (χ0) is 26.9. The number of likely N-dealkylation sites (tertiary alicyclic amines) is 1. The molecule has 4 rings (SSSR count). The Balaban J connectivity index is 1.48. The van der Waals surface area contributed by atoms with Gasteiger partial charge in [0.15, 0.2) is 0 Å². The van der Waals surface area contributed by atoms with Crippen molar-refractivity contribution >= 4 is 17.9 Å². The number of hydrogen-bond acceptors (Lipinski definition) is 4. The molecule has 8 nitrogen and oxygen atoms in total. The van der Waals surface area contributed by atoms with Crippen LogP contribution in [0.4, 0.5) is 4.79 Å². The number of nitrogens with zero attached hydrogens (tertiary/aromatic N) is 2. The summed E-state index contributed by atoms with van der Waals surface area (Å²) in [5, 5.41) is 23.9. The first kappa shape index (κ1) is 27.2. The summed E-state index contributed by atoms with van der Waals surface area (Å²) in [6.07, 6.45) is 6.00. The summed E-state index contributed by atoms with van der Waals surface area (Å²) in [6.45, 7) is 0.767. The summed E-state index contributed by atoms with van der Waals surface area (Å²) in [5.74, 6) is 0.147. The first-order valence-corrected chi connectivity index (χ1v) is 13.5. The van der Waals surface area contributed by atoms with Crippen LogP contribution in [0.2, 0.25) is 0 Å². The van der Waals surface area contributed by atoms with Gasteiger partial charge < -0.3 is 20.6 Å². The molecular weight excluding hydrogens is 480 g/mol. The van der Waals surface area contributed by atoms with Gasteiger partial charge >= 0.3 is 6.09 Å². The van der Waals surface area contributed by atoms with E-state index < -0.39 is 18.2 Å². The molecule has 1 aliphatic carbocycles. The van der Waals surface area contributed by atoms with E-state index in [9.17, 15) is 19.5 Å². The standard InChI is InChI=1S/C30H36N4O4/c31-18-22-11-13-23(14-12-22)19-32-28(35)27-17-25(24-9-5-2-6-10-24)20-34(27)29(36)26(33-30(37)38)16-15-21-7-3-1-4-8-21/h1,3-4,7-8,11-14,24-27,33H,2,5-6,9-10,15-17,19-20H2,(H,32,35)(H,37,38)/t25-,26?,27-/m0/s1. The van der Waals surface area contributed by atoms with Crippen molar-refractivity contribution < 1.29 is 19.5 Å². The summed E-state index contributed by atoms with van der Waals surface area (Å²) in [5.41, 5.74) is 2.44. The van der Waals surface area contributed by atoms with Crippen molar-refractivity contribution in [3.8, 4) is 6.07 Å². The van der Waals surface area contributed by atoms with Crippen LogP contribution in [0.15, 0.2) is 54.6 Å². The second-order valence-corrected chi connectivity index (χ2v) is 10.5. The molecule has 1 aliphatic heterocycles. The minimum absolute atomic E-state index is 0.224. The van der Waals surface area contributed by atoms with Gasteiger partial charge in [0.1, 0.15) is 12.1 Å². The van der Waals surface area contributed by atoms with E-state index in [1.165, 1.54) is 19.3 Å². The molecule has 2 aromatic carbocycles. The normalized spacial score (nSPS) is 20.3. The number of aryl methyl sites for hydroxylation is 1. The van der Waals surface area contributed by atoms with Gasteiger partial charge in [0.2, 0.25) is 11.8 Å². The van der Waals surface area contributed by atoms with Crippen LogP contribution in [0.25, 0.3) is 0 Å². The lowest BCUT2D eigenvalue weighted by Gasteiger charge is -2.29. The zero-order valence-electron chi connectivity index (χ0n) is 21.6. The van der Waals surface area contributed by atoms with Crippen molar-refractivity contribution in [1.82, 2.24) is 15.5 Å². The van der Waals surface area contributed by atoms with Crippen LogP contribution in [-0.2, 0) is 22.6 Å². The number of carbonyl (C=O) groups is 3. The predicted octanol–water partition coefficient (Wildman–Crippen LogP) is 4.24. The van der Waals surface area contributed by atoms with Crippen LogP contribution < -0.4 is 10.6 Å². The number of hydrogen-bond donors (Lipinski definition) is 3. The Morgan fingerprint density at radius 3 is 2.34 bits per heavy atom. The van der Waals surface area contributed by atoms with E-state index in [-0.39, 0.29) is 17.7 Å². The Morgan fingerprint density at radius 2 is 1.68 bits per heavy atom. The number of benzene rings is 2. The third-order valence-corrected chi connectivity index (χ3v) is 7.95. The minimum Gasteiger partial charge on any atom is -0.465 e. The highest BCUT2D eigenvalue weighted by atomic mass is 16.4. The van der Waals surface area contributed by atoms with Gasteiger partial charge in [-0.2, -0.15) is 5.26 Å². The highest BCUT2D eigenvalue weighted by Gasteiger charge is 2.44. The number of nitriles is 1. The Morgan fingerprint density at radius 1 is 0.974 bits per heavy atom. The lowest BCUT2D eigenvalue weighted by molar-refractivity contribution is -0.140. The van der Waals surface area contributed by atoms with E-state index >= 15 is 0 Å². The number of amides is 3. The molecule has 3 amide bonds. The van der Waals surface area contributed by atoms with E-state index in [0.29, 0.717) is 43.8 Å². The molecule has 2 aliphatic rings. The van der Waals surface area contributed by atoms with E-state index in [0.717, 1.165) is 24.0 Å². The first-order chi connectivity index (χ1) is 18.4. The molecule has 1 saturated heterocycles. The maximum absolute atomic E-state index is 13.8. The second-order valence-electron chi connectivity index (χ2n) is 10.5. The van der Waals surface area contributed by atoms with Crippen molar-refractivity contribution in [1.29, 1.82) is 5.26 Å². The number of carboxylic acid groups (broad SMARTS) is 1. The van der Waals surface area contributed by atoms with Crippen LogP contribution in [0, 0.1) is 23.2 Å². The van der Waals surface area contributed by atoms with E-state index in [1.807, 2.05) is 30.3 Å². The van der Waals surface area contributed by atoms with Crippen molar-refractivity contribution in [2.45, 2.75) is 70.0 Å². The minimum atomic E-state index is -1.25. The topological polar surface area (TPSA) is 123 Å². The van der Waals surface area contributed by atoms with Gasteiger partial charge in [0.05, 0.1) is 11.6 Å². The van der Waals surface area contributed by atoms with Crippen molar-refractivity contribution in [2.24, 2.45) is 11.8 Å². The molecule has 1 saturated carbocycles. The summed E-state index contributed by atoms with van der Waals surface area (Å²) in [7, 11) is 0. The van der Waals surface area contributed by atoms with Gasteiger partial charge in [0, 0.05) is 13.1 Å². The quantitative estimate of drug-likeness (QED) is 0.460. The fraction of sp³-hybridized carbons (Fsp3) is 0.467. The SMILES string of the molecule is N#Cc1ccc(CNC(=O)[C@@H]2C[C@H](C3CCCCC3)CN2C(=O)C(CCc2ccccc2)NC(=O)O)cc1. The molecule has 38 heavy (non-hydrogen) atoms. The summed E-state index contributed by atoms with van der Waals surface area (Å²) in [6, 6.07) is 17.2. The average molecular weight is 517 g/mol. The summed E-state index contributed by atoms with van der Waals surface area (Å²) < 4.78 is 0. The van der Waals surface area contributed by atoms with Gasteiger partial charge in [-0.05, 0) is 54.4 Å². The Hall–Kier alpha value is -3.86. The Kier molecular flexibility index (Phi) is 9.36. The first-order valence-electron chi connectivity index (χ1n) is 13.5. The monoisotopic (exact) mass is 516 g/mol. The zero-order valence-corrected chi connectivity index (χ0v) is 21.6. The maximum Gasteiger partial charge on any atom is 0.405 e. The molecule has 0 radical (unpaired) electrons. The fourth-order valence-corrected chi connectivity index (χ4v) is 5.87. The smallest absolute Gasteiger partial charge is 0.405 e. The van der Waals surface area contributed by atoms with E-state index in [4.69, 9.17) is 5.26 Å². The maximum atomic E-state index is 13.8. The molecule has 0 bridgehead atoms. The molecule has 2 fully saturated rings. The van der Waals surface area contributed by atoms with Gasteiger partial charge in [-0.3, -0.25) is 9.59 Å². The van der Waals surface area contributed by atoms with Crippen LogP contribution >= 0.6 is 0 Å². The molecule has 0 spiro atoms. The van der Waals surface area contributed by atoms with Crippen LogP contribution in [0.5, 0.6) is 0 Å². The van der Waals surface area contributed by atoms with Gasteiger partial charge in [-0.15, -0.1) is 0 Å². The third kappa shape index (κ3) is 7.12. The van der Waals surface area contributed by atoms with E-state index in [2.05, 4.69) is 16.7 Å². The van der Waals surface area contributed by atoms with Gasteiger partial charge in [-0.25, -0.2) is 4.79 Å². The highest BCUT2D eigenvalue weighted by Crippen LogP contribution is 2.38. The van der Waals surface area contributed by atoms with Crippen LogP contribution in [0.1, 0.15) is 61.6 Å². The highest BCUT2D eigenvalue weighted by molar-refractivity contribution is 5.91. The molecule has 3 N–H and O–H groups in total. The molecule has 1 heterocycles. The predicted molar refractivity (Wildman–Crippen MR) is 143 cm³/mol. The average Bonchev–Trinajstić information content (AvgIpc) is 3.40. The van der Waals surface area contributed by atoms with Crippen LogP contribution in [0.3, 0.4) is 0 Å². The van der Waals surface area contributed by atoms with Crippen molar-refractivity contribution in [2.75, 3.05) is 6.54 Å². The molecule has 200 valence electrons. The molecule has 8 heteroatoms. The Bertz CT molecular complexity index is 1140. The number of rotatable bonds is 9. The van der Waals surface area contributed by atoms with Crippen molar-refractivity contribution in [3.63, 3.8) is 0 Å². The number of nitrogens with one attached hydrogen (secondary N) is 2. The summed E-state index contributed by atoms with van der Waals surface area (Å²) in [4.78, 5) is 40.4. The van der Waals surface area contributed by atoms with Crippen molar-refractivity contribution in [3.05, 3.63) is 71.3 Å². The molecule has 1 unspecified atom stereocenters. The fourth-order valence-electron chi connectivity index (χ4n) is 5.87. The van der Waals surface area contributed by atoms with Gasteiger partial charge in [0.25, 0.3) is 0 Å². The summed E-state index contributed by atoms with van der Waals surface area (Å²) >= 11 is 0. The molecular formula is C30H36N4O4. The molecule has 2 aromatic rings. The Labute approximate surface area is 224 Å². The van der Waals surface area contributed by atoms with Crippen LogP contribution in [-0.4, -0.2) is 46.5 Å². The third-order valence-electron chi connectivity index (χ3n) is 7.95. The lowest BCUT2D eigenvalue weighted by atomic mass is 9.79. The van der Waals surface area contributed by atoms with E-state index in [1.54, 1.807) is 29.2 Å². The lowest BCUT2D eigenvalue weighted by Crippen LogP contribution is -2.53.